The summed E-state index contributed by atoms with van der Waals surface area (Å²) in [5.41, 5.74) is 0. The summed E-state index contributed by atoms with van der Waals surface area (Å²) in [5.74, 6) is 0. The molecule has 0 aromatic carbocycles. The molecule has 1 aliphatic heterocycles. The zero-order valence-electron chi connectivity index (χ0n) is 10.7. The molecule has 0 aliphatic carbocycles. The lowest BCUT2D eigenvalue weighted by Gasteiger charge is -2.29. The Balaban J connectivity index is 2.00. The van der Waals surface area contributed by atoms with Crippen molar-refractivity contribution in [3.63, 3.8) is 0 Å². The zero-order valence-corrected chi connectivity index (χ0v) is 10.7. The molecule has 16 heavy (non-hydrogen) atoms. The third kappa shape index (κ3) is 5.83. The van der Waals surface area contributed by atoms with E-state index in [-0.39, 0.29) is 12.4 Å². The Bertz CT molecular complexity index is 135. The topological polar surface area (TPSA) is 27.7 Å². The lowest BCUT2D eigenvalue weighted by molar-refractivity contribution is -0.194. The van der Waals surface area contributed by atoms with Crippen LogP contribution in [0.1, 0.15) is 52.4 Å². The maximum atomic E-state index is 5.72. The molecule has 1 fully saturated rings. The van der Waals surface area contributed by atoms with Crippen LogP contribution in [-0.4, -0.2) is 32.2 Å². The Morgan fingerprint density at radius 1 is 1.00 bits per heavy atom. The number of hydrogen-bond acceptors (Lipinski definition) is 3. The van der Waals surface area contributed by atoms with Crippen LogP contribution in [0.4, 0.5) is 0 Å². The average Bonchev–Trinajstić information content (AvgIpc) is 2.32. The molecule has 96 valence electrons. The van der Waals surface area contributed by atoms with Gasteiger partial charge in [0.15, 0.2) is 6.29 Å². The first-order chi connectivity index (χ1) is 7.86. The molecule has 0 radical (unpaired) electrons. The number of ether oxygens (including phenoxy) is 3. The molecule has 1 aliphatic rings. The van der Waals surface area contributed by atoms with E-state index in [9.17, 15) is 0 Å². The second kappa shape index (κ2) is 8.97. The Morgan fingerprint density at radius 2 is 1.69 bits per heavy atom. The van der Waals surface area contributed by atoms with Crippen molar-refractivity contribution in [3.8, 4) is 0 Å². The molecule has 0 N–H and O–H groups in total. The van der Waals surface area contributed by atoms with Crippen LogP contribution in [0.2, 0.25) is 0 Å². The van der Waals surface area contributed by atoms with E-state index in [0.29, 0.717) is 6.61 Å². The second-order valence-corrected chi connectivity index (χ2v) is 4.41. The largest absolute Gasteiger partial charge is 0.376 e. The summed E-state index contributed by atoms with van der Waals surface area (Å²) < 4.78 is 17.0. The van der Waals surface area contributed by atoms with Crippen molar-refractivity contribution in [1.29, 1.82) is 0 Å². The second-order valence-electron chi connectivity index (χ2n) is 4.41. The molecule has 0 spiro atoms. The van der Waals surface area contributed by atoms with Gasteiger partial charge < -0.3 is 14.2 Å². The monoisotopic (exact) mass is 230 g/mol. The predicted molar refractivity (Wildman–Crippen MR) is 64.5 cm³/mol. The molecule has 3 heteroatoms. The summed E-state index contributed by atoms with van der Waals surface area (Å²) in [7, 11) is 0. The summed E-state index contributed by atoms with van der Waals surface area (Å²) >= 11 is 0. The van der Waals surface area contributed by atoms with Gasteiger partial charge in [-0.05, 0) is 19.3 Å². The van der Waals surface area contributed by atoms with Crippen molar-refractivity contribution < 1.29 is 14.2 Å². The molecule has 1 saturated heterocycles. The third-order valence-corrected chi connectivity index (χ3v) is 2.85. The van der Waals surface area contributed by atoms with Gasteiger partial charge in [0.2, 0.25) is 0 Å². The van der Waals surface area contributed by atoms with Gasteiger partial charge in [-0.1, -0.05) is 26.7 Å². The van der Waals surface area contributed by atoms with Crippen LogP contribution in [-0.2, 0) is 14.2 Å². The van der Waals surface area contributed by atoms with Gasteiger partial charge >= 0.3 is 0 Å². The highest BCUT2D eigenvalue weighted by atomic mass is 16.7. The van der Waals surface area contributed by atoms with Gasteiger partial charge in [-0.25, -0.2) is 0 Å². The lowest BCUT2D eigenvalue weighted by Crippen LogP contribution is -2.33. The Morgan fingerprint density at radius 3 is 2.25 bits per heavy atom. The van der Waals surface area contributed by atoms with Crippen molar-refractivity contribution in [1.82, 2.24) is 0 Å². The number of unbranched alkanes of at least 4 members (excludes halogenated alkanes) is 2. The van der Waals surface area contributed by atoms with E-state index in [4.69, 9.17) is 14.2 Å². The van der Waals surface area contributed by atoms with Crippen molar-refractivity contribution in [2.24, 2.45) is 0 Å². The minimum Gasteiger partial charge on any atom is -0.376 e. The Kier molecular flexibility index (Phi) is 7.81. The van der Waals surface area contributed by atoms with Gasteiger partial charge in [0.25, 0.3) is 0 Å². The maximum absolute atomic E-state index is 5.72. The highest BCUT2D eigenvalue weighted by Crippen LogP contribution is 2.17. The molecule has 1 heterocycles. The summed E-state index contributed by atoms with van der Waals surface area (Å²) in [6.45, 7) is 6.73. The van der Waals surface area contributed by atoms with E-state index < -0.39 is 0 Å². The number of hydrogen-bond donors (Lipinski definition) is 0. The van der Waals surface area contributed by atoms with Crippen molar-refractivity contribution in [3.05, 3.63) is 0 Å². The summed E-state index contributed by atoms with van der Waals surface area (Å²) in [6, 6.07) is 0. The molecular formula is C13H26O3. The first-order valence-electron chi connectivity index (χ1n) is 6.71. The van der Waals surface area contributed by atoms with Crippen LogP contribution in [0.3, 0.4) is 0 Å². The van der Waals surface area contributed by atoms with Gasteiger partial charge in [-0.2, -0.15) is 0 Å². The van der Waals surface area contributed by atoms with Crippen molar-refractivity contribution >= 4 is 0 Å². The summed E-state index contributed by atoms with van der Waals surface area (Å²) in [5, 5.41) is 0. The normalized spacial score (nSPS) is 25.9. The van der Waals surface area contributed by atoms with E-state index in [2.05, 4.69) is 13.8 Å². The summed E-state index contributed by atoms with van der Waals surface area (Å²) in [4.78, 5) is 0. The Labute approximate surface area is 99.5 Å². The van der Waals surface area contributed by atoms with E-state index in [1.165, 1.54) is 12.8 Å². The fraction of sp³-hybridized carbons (Fsp3) is 1.00. The molecule has 0 aromatic heterocycles. The fourth-order valence-electron chi connectivity index (χ4n) is 1.72. The smallest absolute Gasteiger partial charge is 0.157 e. The van der Waals surface area contributed by atoms with E-state index in [1.807, 2.05) is 0 Å². The lowest BCUT2D eigenvalue weighted by atomic mass is 10.1. The van der Waals surface area contributed by atoms with Gasteiger partial charge in [0, 0.05) is 19.6 Å². The van der Waals surface area contributed by atoms with Gasteiger partial charge in [-0.3, -0.25) is 0 Å². The van der Waals surface area contributed by atoms with E-state index in [0.717, 1.165) is 38.9 Å². The fourth-order valence-corrected chi connectivity index (χ4v) is 1.72. The zero-order chi connectivity index (χ0) is 11.6. The first-order valence-corrected chi connectivity index (χ1v) is 6.71. The third-order valence-electron chi connectivity index (χ3n) is 2.85. The minimum atomic E-state index is 0.0116. The highest BCUT2D eigenvalue weighted by molar-refractivity contribution is 4.65. The SMILES string of the molecule is CCCCO[C@H]1CC[C@H](OCCCC)OC1. The van der Waals surface area contributed by atoms with Crippen molar-refractivity contribution in [2.45, 2.75) is 64.8 Å². The molecule has 0 amide bonds. The van der Waals surface area contributed by atoms with Crippen LogP contribution in [0, 0.1) is 0 Å². The van der Waals surface area contributed by atoms with Crippen molar-refractivity contribution in [2.75, 3.05) is 19.8 Å². The van der Waals surface area contributed by atoms with E-state index >= 15 is 0 Å². The highest BCUT2D eigenvalue weighted by Gasteiger charge is 2.22. The molecule has 2 atom stereocenters. The standard InChI is InChI=1S/C13H26O3/c1-3-5-9-14-12-7-8-13(16-11-12)15-10-6-4-2/h12-13H,3-11H2,1-2H3/t12-,13+/m0/s1. The quantitative estimate of drug-likeness (QED) is 0.600. The minimum absolute atomic E-state index is 0.0116. The summed E-state index contributed by atoms with van der Waals surface area (Å²) in [6.07, 6.45) is 6.98. The van der Waals surface area contributed by atoms with Gasteiger partial charge in [0.05, 0.1) is 12.7 Å². The number of rotatable bonds is 8. The molecular weight excluding hydrogens is 204 g/mol. The van der Waals surface area contributed by atoms with Gasteiger partial charge in [0.1, 0.15) is 0 Å². The van der Waals surface area contributed by atoms with Crippen LogP contribution in [0.15, 0.2) is 0 Å². The molecule has 0 unspecified atom stereocenters. The predicted octanol–water partition coefficient (Wildman–Crippen LogP) is 3.12. The van der Waals surface area contributed by atoms with Crippen LogP contribution >= 0.6 is 0 Å². The molecule has 1 rings (SSSR count). The van der Waals surface area contributed by atoms with Crippen LogP contribution in [0.5, 0.6) is 0 Å². The van der Waals surface area contributed by atoms with Crippen LogP contribution in [0.25, 0.3) is 0 Å². The van der Waals surface area contributed by atoms with Gasteiger partial charge in [-0.15, -0.1) is 0 Å². The first kappa shape index (κ1) is 13.9. The maximum Gasteiger partial charge on any atom is 0.157 e. The molecule has 0 saturated carbocycles. The molecule has 3 nitrogen and oxygen atoms in total. The van der Waals surface area contributed by atoms with Crippen LogP contribution < -0.4 is 0 Å². The Hall–Kier alpha value is -0.120. The van der Waals surface area contributed by atoms with E-state index in [1.54, 1.807) is 0 Å². The molecule has 0 bridgehead atoms. The average molecular weight is 230 g/mol. The molecule has 0 aromatic rings.